The molecule has 1 aromatic carbocycles. The number of halogens is 1. The largest absolute Gasteiger partial charge is 0.473 e. The third-order valence-electron chi connectivity index (χ3n) is 4.06. The summed E-state index contributed by atoms with van der Waals surface area (Å²) in [5.41, 5.74) is 1.82. The molecule has 4 nitrogen and oxygen atoms in total. The number of amides is 1. The monoisotopic (exact) mass is 356 g/mol. The van der Waals surface area contributed by atoms with E-state index < -0.39 is 0 Å². The zero-order valence-corrected chi connectivity index (χ0v) is 15.7. The summed E-state index contributed by atoms with van der Waals surface area (Å²) in [4.78, 5) is 16.7. The Morgan fingerprint density at radius 2 is 2.12 bits per heavy atom. The van der Waals surface area contributed by atoms with Crippen LogP contribution in [-0.4, -0.2) is 16.9 Å². The molecule has 0 unspecified atom stereocenters. The van der Waals surface area contributed by atoms with E-state index in [2.05, 4.69) is 16.9 Å². The summed E-state index contributed by atoms with van der Waals surface area (Å²) in [5, 5.41) is 2.97. The molecular formula is C21H25FN2O2. The first-order valence-electron chi connectivity index (χ1n) is 8.48. The molecule has 0 aliphatic rings. The minimum Gasteiger partial charge on any atom is -0.473 e. The summed E-state index contributed by atoms with van der Waals surface area (Å²) < 4.78 is 18.8. The van der Waals surface area contributed by atoms with Gasteiger partial charge in [0.2, 0.25) is 5.88 Å². The third-order valence-corrected chi connectivity index (χ3v) is 4.06. The molecule has 5 heteroatoms. The quantitative estimate of drug-likeness (QED) is 0.779. The standard InChI is InChI=1S/C21H25FN2O2/c1-6-18(21(3,4)5)24-20(25)17-12-23-19(10-14(17)2)26-13-15-8-7-9-16(22)11-15/h6-12,18H,1,13H2,2-5H3,(H,24,25)/t18-/m1/s1. The highest BCUT2D eigenvalue weighted by Gasteiger charge is 2.24. The zero-order valence-electron chi connectivity index (χ0n) is 15.7. The highest BCUT2D eigenvalue weighted by atomic mass is 19.1. The van der Waals surface area contributed by atoms with Crippen LogP contribution < -0.4 is 10.1 Å². The van der Waals surface area contributed by atoms with Crippen LogP contribution in [0.2, 0.25) is 0 Å². The molecule has 0 bridgehead atoms. The van der Waals surface area contributed by atoms with E-state index in [1.165, 1.54) is 18.3 Å². The van der Waals surface area contributed by atoms with Gasteiger partial charge in [0, 0.05) is 12.3 Å². The number of aromatic nitrogens is 1. The van der Waals surface area contributed by atoms with Crippen molar-refractivity contribution >= 4 is 5.91 Å². The van der Waals surface area contributed by atoms with E-state index in [0.717, 1.165) is 5.56 Å². The van der Waals surface area contributed by atoms with Crippen LogP contribution in [0.3, 0.4) is 0 Å². The first kappa shape index (κ1) is 19.6. The van der Waals surface area contributed by atoms with Gasteiger partial charge in [0.05, 0.1) is 11.6 Å². The molecule has 1 atom stereocenters. The Morgan fingerprint density at radius 3 is 2.69 bits per heavy atom. The van der Waals surface area contributed by atoms with Crippen molar-refractivity contribution in [3.8, 4) is 5.88 Å². The Bertz CT molecular complexity index is 797. The predicted molar refractivity (Wildman–Crippen MR) is 101 cm³/mol. The average molecular weight is 356 g/mol. The molecule has 1 N–H and O–H groups in total. The number of nitrogens with one attached hydrogen (secondary N) is 1. The highest BCUT2D eigenvalue weighted by Crippen LogP contribution is 2.21. The predicted octanol–water partition coefficient (Wildman–Crippen LogP) is 4.44. The van der Waals surface area contributed by atoms with E-state index in [9.17, 15) is 9.18 Å². The number of rotatable bonds is 6. The van der Waals surface area contributed by atoms with Gasteiger partial charge in [-0.25, -0.2) is 9.37 Å². The zero-order chi connectivity index (χ0) is 19.3. The number of benzene rings is 1. The summed E-state index contributed by atoms with van der Waals surface area (Å²) in [6.45, 7) is 11.9. The molecule has 1 amide bonds. The van der Waals surface area contributed by atoms with Crippen LogP contribution in [0.15, 0.2) is 49.2 Å². The van der Waals surface area contributed by atoms with Crippen molar-refractivity contribution in [3.63, 3.8) is 0 Å². The van der Waals surface area contributed by atoms with E-state index in [0.29, 0.717) is 17.0 Å². The second kappa shape index (κ2) is 8.13. The van der Waals surface area contributed by atoms with Gasteiger partial charge in [-0.05, 0) is 35.6 Å². The van der Waals surface area contributed by atoms with Crippen molar-refractivity contribution in [2.24, 2.45) is 5.41 Å². The van der Waals surface area contributed by atoms with Gasteiger partial charge < -0.3 is 10.1 Å². The maximum absolute atomic E-state index is 13.2. The molecule has 1 aromatic heterocycles. The molecule has 26 heavy (non-hydrogen) atoms. The Balaban J connectivity index is 2.06. The van der Waals surface area contributed by atoms with Crippen LogP contribution in [0.4, 0.5) is 4.39 Å². The lowest BCUT2D eigenvalue weighted by atomic mass is 9.86. The molecule has 0 spiro atoms. The molecule has 0 radical (unpaired) electrons. The van der Waals surface area contributed by atoms with Crippen LogP contribution in [0, 0.1) is 18.2 Å². The van der Waals surface area contributed by atoms with E-state index in [1.54, 1.807) is 24.3 Å². The number of carbonyl (C=O) groups is 1. The first-order chi connectivity index (χ1) is 12.2. The summed E-state index contributed by atoms with van der Waals surface area (Å²) in [5.74, 6) is -0.121. The fourth-order valence-corrected chi connectivity index (χ4v) is 2.48. The molecule has 2 rings (SSSR count). The number of hydrogen-bond acceptors (Lipinski definition) is 3. The molecule has 1 heterocycles. The number of pyridine rings is 1. The summed E-state index contributed by atoms with van der Waals surface area (Å²) in [6, 6.07) is 7.75. The van der Waals surface area contributed by atoms with E-state index in [-0.39, 0.29) is 29.8 Å². The third kappa shape index (κ3) is 5.15. The van der Waals surface area contributed by atoms with Gasteiger partial charge in [-0.1, -0.05) is 39.0 Å². The van der Waals surface area contributed by atoms with Gasteiger partial charge in [0.15, 0.2) is 0 Å². The molecule has 0 fully saturated rings. The lowest BCUT2D eigenvalue weighted by Gasteiger charge is -2.28. The summed E-state index contributed by atoms with van der Waals surface area (Å²) in [7, 11) is 0. The molecule has 2 aromatic rings. The summed E-state index contributed by atoms with van der Waals surface area (Å²) in [6.07, 6.45) is 3.23. The second-order valence-electron chi connectivity index (χ2n) is 7.31. The topological polar surface area (TPSA) is 51.2 Å². The normalized spacial score (nSPS) is 12.3. The molecule has 0 aliphatic carbocycles. The van der Waals surface area contributed by atoms with Crippen molar-refractivity contribution in [1.29, 1.82) is 0 Å². The van der Waals surface area contributed by atoms with Gasteiger partial charge in [-0.15, -0.1) is 6.58 Å². The van der Waals surface area contributed by atoms with Crippen molar-refractivity contribution in [1.82, 2.24) is 10.3 Å². The maximum atomic E-state index is 13.2. The minimum absolute atomic E-state index is 0.132. The van der Waals surface area contributed by atoms with E-state index in [4.69, 9.17) is 4.74 Å². The lowest BCUT2D eigenvalue weighted by molar-refractivity contribution is 0.0918. The Kier molecular flexibility index (Phi) is 6.14. The van der Waals surface area contributed by atoms with Gasteiger partial charge in [0.25, 0.3) is 5.91 Å². The number of hydrogen-bond donors (Lipinski definition) is 1. The molecule has 0 saturated heterocycles. The molecule has 0 saturated carbocycles. The SMILES string of the molecule is C=C[C@@H](NC(=O)c1cnc(OCc2cccc(F)c2)cc1C)C(C)(C)C. The van der Waals surface area contributed by atoms with Crippen LogP contribution in [-0.2, 0) is 6.61 Å². The molecule has 138 valence electrons. The van der Waals surface area contributed by atoms with Crippen LogP contribution in [0.25, 0.3) is 0 Å². The number of ether oxygens (including phenoxy) is 1. The summed E-state index contributed by atoms with van der Waals surface area (Å²) >= 11 is 0. The minimum atomic E-state index is -0.308. The fourth-order valence-electron chi connectivity index (χ4n) is 2.48. The average Bonchev–Trinajstić information content (AvgIpc) is 2.56. The van der Waals surface area contributed by atoms with Gasteiger partial charge in [-0.3, -0.25) is 4.79 Å². The van der Waals surface area contributed by atoms with Crippen molar-refractivity contribution in [2.75, 3.05) is 0 Å². The molecule has 0 aliphatic heterocycles. The van der Waals surface area contributed by atoms with Crippen molar-refractivity contribution in [3.05, 3.63) is 71.7 Å². The number of nitrogens with zero attached hydrogens (tertiary/aromatic N) is 1. The van der Waals surface area contributed by atoms with E-state index >= 15 is 0 Å². The second-order valence-corrected chi connectivity index (χ2v) is 7.31. The van der Waals surface area contributed by atoms with E-state index in [1.807, 2.05) is 27.7 Å². The van der Waals surface area contributed by atoms with Crippen molar-refractivity contribution in [2.45, 2.75) is 40.3 Å². The smallest absolute Gasteiger partial charge is 0.253 e. The fraction of sp³-hybridized carbons (Fsp3) is 0.333. The number of aryl methyl sites for hydroxylation is 1. The van der Waals surface area contributed by atoms with Gasteiger partial charge in [0.1, 0.15) is 12.4 Å². The molecular weight excluding hydrogens is 331 g/mol. The van der Waals surface area contributed by atoms with Gasteiger partial charge in [-0.2, -0.15) is 0 Å². The van der Waals surface area contributed by atoms with Crippen LogP contribution >= 0.6 is 0 Å². The lowest BCUT2D eigenvalue weighted by Crippen LogP contribution is -2.42. The first-order valence-corrected chi connectivity index (χ1v) is 8.48. The Morgan fingerprint density at radius 1 is 1.38 bits per heavy atom. The highest BCUT2D eigenvalue weighted by molar-refractivity contribution is 5.95. The Hall–Kier alpha value is -2.69. The van der Waals surface area contributed by atoms with Crippen molar-refractivity contribution < 1.29 is 13.9 Å². The maximum Gasteiger partial charge on any atom is 0.253 e. The Labute approximate surface area is 154 Å². The van der Waals surface area contributed by atoms with Crippen LogP contribution in [0.5, 0.6) is 5.88 Å². The number of carbonyl (C=O) groups excluding carboxylic acids is 1. The van der Waals surface area contributed by atoms with Crippen LogP contribution in [0.1, 0.15) is 42.3 Å². The van der Waals surface area contributed by atoms with Gasteiger partial charge >= 0.3 is 0 Å².